The molecule has 4 fully saturated rings. The number of carbonyl (C=O) groups is 5. The lowest BCUT2D eigenvalue weighted by atomic mass is 9.82. The quantitative estimate of drug-likeness (QED) is 0.192. The molecule has 5 amide bonds. The molecule has 1 unspecified atom stereocenters. The van der Waals surface area contributed by atoms with E-state index in [9.17, 15) is 32.4 Å². The van der Waals surface area contributed by atoms with Crippen LogP contribution >= 0.6 is 0 Å². The van der Waals surface area contributed by atoms with Crippen molar-refractivity contribution in [1.82, 2.24) is 30.5 Å². The first-order valence-corrected chi connectivity index (χ1v) is 19.4. The number of Topliss-reactive ketones (excluding diaryl/α,β-unsaturated/α-hetero) is 1. The Bertz CT molecular complexity index is 1240. The van der Waals surface area contributed by atoms with Crippen LogP contribution in [0.15, 0.2) is 0 Å². The molecule has 4 rings (SSSR count). The third kappa shape index (κ3) is 10.1. The minimum atomic E-state index is -3.61. The van der Waals surface area contributed by atoms with E-state index >= 15 is 0 Å². The van der Waals surface area contributed by atoms with Crippen molar-refractivity contribution < 1.29 is 32.4 Å². The average Bonchev–Trinajstić information content (AvgIpc) is 3.71. The van der Waals surface area contributed by atoms with E-state index in [2.05, 4.69) is 21.3 Å². The van der Waals surface area contributed by atoms with Crippen molar-refractivity contribution in [3.05, 3.63) is 0 Å². The Hall–Kier alpha value is -2.74. The average molecular weight is 681 g/mol. The molecule has 3 saturated carbocycles. The van der Waals surface area contributed by atoms with Crippen LogP contribution in [0.2, 0.25) is 0 Å². The van der Waals surface area contributed by atoms with Gasteiger partial charge in [0.1, 0.15) is 12.1 Å². The minimum absolute atomic E-state index is 0.0173. The van der Waals surface area contributed by atoms with Gasteiger partial charge in [0.25, 0.3) is 5.91 Å². The van der Waals surface area contributed by atoms with Gasteiger partial charge in [-0.3, -0.25) is 19.2 Å². The first-order chi connectivity index (χ1) is 22.4. The van der Waals surface area contributed by atoms with Crippen LogP contribution in [0.4, 0.5) is 4.79 Å². The van der Waals surface area contributed by atoms with E-state index in [1.165, 1.54) is 23.3 Å². The molecule has 47 heavy (non-hydrogen) atoms. The lowest BCUT2D eigenvalue weighted by Gasteiger charge is -2.40. The van der Waals surface area contributed by atoms with Crippen LogP contribution in [-0.2, 0) is 29.2 Å². The number of hydrogen-bond donors (Lipinski definition) is 4. The number of sulfonamides is 1. The summed E-state index contributed by atoms with van der Waals surface area (Å²) in [5.41, 5.74) is -0.937. The predicted octanol–water partition coefficient (Wildman–Crippen LogP) is 2.34. The number of likely N-dealkylation sites (tertiary alicyclic amines) is 1. The maximum Gasteiger partial charge on any atom is 0.315 e. The second-order valence-electron chi connectivity index (χ2n) is 14.4. The standard InChI is InChI=1S/C33H56N6O7S/c1-4-5-15-25(28(40)30(42)34-24-17-18-24)35-29(41)26-16-12-21-39(26)31(43)27(23-13-8-6-9-14-23)36-32(44)37-33(19-10-7-11-20-33)22-47(45,46)38(2)3/h23-27H,4-22H2,1-3H3,(H,34,42)(H,35,41)(H2,36,37,44)/t25?,26-,27-/m0/s1. The van der Waals surface area contributed by atoms with E-state index in [0.29, 0.717) is 45.1 Å². The molecular weight excluding hydrogens is 624 g/mol. The molecule has 0 aromatic heterocycles. The molecule has 3 atom stereocenters. The molecule has 1 heterocycles. The minimum Gasteiger partial charge on any atom is -0.347 e. The number of nitrogens with zero attached hydrogens (tertiary/aromatic N) is 2. The van der Waals surface area contributed by atoms with Gasteiger partial charge in [-0.05, 0) is 63.7 Å². The third-order valence-corrected chi connectivity index (χ3v) is 12.4. The Morgan fingerprint density at radius 2 is 1.53 bits per heavy atom. The van der Waals surface area contributed by atoms with Crippen LogP contribution in [0.5, 0.6) is 0 Å². The first-order valence-electron chi connectivity index (χ1n) is 17.8. The Morgan fingerprint density at radius 3 is 2.15 bits per heavy atom. The van der Waals surface area contributed by atoms with Crippen molar-refractivity contribution in [1.29, 1.82) is 0 Å². The fourth-order valence-corrected chi connectivity index (χ4v) is 8.67. The van der Waals surface area contributed by atoms with Gasteiger partial charge in [-0.15, -0.1) is 0 Å². The highest BCUT2D eigenvalue weighted by atomic mass is 32.2. The zero-order valence-corrected chi connectivity index (χ0v) is 29.3. The molecule has 0 aromatic carbocycles. The van der Waals surface area contributed by atoms with Crippen molar-refractivity contribution in [3.63, 3.8) is 0 Å². The van der Waals surface area contributed by atoms with Crippen LogP contribution in [0.1, 0.15) is 116 Å². The van der Waals surface area contributed by atoms with Crippen LogP contribution in [0, 0.1) is 5.92 Å². The summed E-state index contributed by atoms with van der Waals surface area (Å²) in [7, 11) is -0.639. The number of hydrogen-bond acceptors (Lipinski definition) is 7. The van der Waals surface area contributed by atoms with Crippen molar-refractivity contribution in [2.24, 2.45) is 5.92 Å². The zero-order valence-electron chi connectivity index (χ0n) is 28.5. The van der Waals surface area contributed by atoms with Crippen LogP contribution in [-0.4, -0.2) is 103 Å². The molecule has 4 aliphatic rings. The molecule has 0 bridgehead atoms. The van der Waals surface area contributed by atoms with Crippen LogP contribution in [0.25, 0.3) is 0 Å². The summed E-state index contributed by atoms with van der Waals surface area (Å²) < 4.78 is 27.0. The second-order valence-corrected chi connectivity index (χ2v) is 16.5. The lowest BCUT2D eigenvalue weighted by molar-refractivity contribution is -0.143. The number of rotatable bonds is 15. The molecule has 4 N–H and O–H groups in total. The zero-order chi connectivity index (χ0) is 34.2. The van der Waals surface area contributed by atoms with E-state index in [1.54, 1.807) is 0 Å². The van der Waals surface area contributed by atoms with Gasteiger partial charge in [-0.25, -0.2) is 17.5 Å². The maximum absolute atomic E-state index is 14.3. The van der Waals surface area contributed by atoms with Gasteiger partial charge < -0.3 is 26.2 Å². The fraction of sp³-hybridized carbons (Fsp3) is 0.848. The molecule has 1 saturated heterocycles. The van der Waals surface area contributed by atoms with E-state index in [0.717, 1.165) is 70.6 Å². The molecule has 13 nitrogen and oxygen atoms in total. The number of ketones is 1. The molecular formula is C33H56N6O7S. The topological polar surface area (TPSA) is 174 Å². The molecule has 0 aromatic rings. The summed E-state index contributed by atoms with van der Waals surface area (Å²) in [4.78, 5) is 68.7. The lowest BCUT2D eigenvalue weighted by Crippen LogP contribution is -2.62. The molecule has 0 spiro atoms. The summed E-state index contributed by atoms with van der Waals surface area (Å²) in [6.45, 7) is 2.31. The van der Waals surface area contributed by atoms with Crippen LogP contribution in [0.3, 0.4) is 0 Å². The van der Waals surface area contributed by atoms with Crippen molar-refractivity contribution >= 4 is 39.6 Å². The maximum atomic E-state index is 14.3. The first kappa shape index (κ1) is 37.1. The number of unbranched alkanes of at least 4 members (excludes halogenated alkanes) is 1. The Labute approximate surface area is 280 Å². The van der Waals surface area contributed by atoms with E-state index in [4.69, 9.17) is 0 Å². The summed E-state index contributed by atoms with van der Waals surface area (Å²) in [6.07, 6.45) is 12.5. The monoisotopic (exact) mass is 680 g/mol. The van der Waals surface area contributed by atoms with Gasteiger partial charge >= 0.3 is 6.03 Å². The van der Waals surface area contributed by atoms with Gasteiger partial charge in [-0.2, -0.15) is 0 Å². The fourth-order valence-electron chi connectivity index (χ4n) is 7.35. The Balaban J connectivity index is 1.48. The summed E-state index contributed by atoms with van der Waals surface area (Å²) in [5.74, 6) is -2.49. The van der Waals surface area contributed by atoms with Crippen molar-refractivity contribution in [2.45, 2.75) is 146 Å². The van der Waals surface area contributed by atoms with Crippen molar-refractivity contribution in [2.75, 3.05) is 26.4 Å². The van der Waals surface area contributed by atoms with Gasteiger partial charge in [0.05, 0.1) is 17.3 Å². The summed E-state index contributed by atoms with van der Waals surface area (Å²) in [6, 6.07) is -3.23. The Kier molecular flexibility index (Phi) is 13.1. The molecule has 1 aliphatic heterocycles. The number of carbonyl (C=O) groups excluding carboxylic acids is 5. The van der Waals surface area contributed by atoms with Gasteiger partial charge in [0.2, 0.25) is 27.6 Å². The number of nitrogens with one attached hydrogen (secondary N) is 4. The highest BCUT2D eigenvalue weighted by Crippen LogP contribution is 2.32. The molecule has 266 valence electrons. The van der Waals surface area contributed by atoms with Gasteiger partial charge in [0, 0.05) is 26.7 Å². The largest absolute Gasteiger partial charge is 0.347 e. The van der Waals surface area contributed by atoms with E-state index in [-0.39, 0.29) is 23.6 Å². The SMILES string of the molecule is CCCCC(NC(=O)[C@@H]1CCCN1C(=O)[C@@H](NC(=O)NC1(CS(=O)(=O)N(C)C)CCCCC1)C1CCCCC1)C(=O)C(=O)NC1CC1. The number of amides is 5. The van der Waals surface area contributed by atoms with Crippen molar-refractivity contribution in [3.8, 4) is 0 Å². The van der Waals surface area contributed by atoms with E-state index in [1.807, 2.05) is 6.92 Å². The summed E-state index contributed by atoms with van der Waals surface area (Å²) in [5, 5.41) is 11.5. The van der Waals surface area contributed by atoms with Gasteiger partial charge in [-0.1, -0.05) is 58.3 Å². The third-order valence-electron chi connectivity index (χ3n) is 10.3. The molecule has 14 heteroatoms. The highest BCUT2D eigenvalue weighted by molar-refractivity contribution is 7.89. The number of urea groups is 1. The molecule has 3 aliphatic carbocycles. The van der Waals surface area contributed by atoms with E-state index < -0.39 is 57.3 Å². The van der Waals surface area contributed by atoms with Crippen LogP contribution < -0.4 is 21.3 Å². The smallest absolute Gasteiger partial charge is 0.315 e. The molecule has 0 radical (unpaired) electrons. The predicted molar refractivity (Wildman–Crippen MR) is 178 cm³/mol. The highest BCUT2D eigenvalue weighted by Gasteiger charge is 2.44. The normalized spacial score (nSPS) is 23.1. The summed E-state index contributed by atoms with van der Waals surface area (Å²) >= 11 is 0. The second kappa shape index (κ2) is 16.6. The Morgan fingerprint density at radius 1 is 0.872 bits per heavy atom. The van der Waals surface area contributed by atoms with Gasteiger partial charge in [0.15, 0.2) is 0 Å².